The molecule has 33 heavy (non-hydrogen) atoms. The standard InChI is InChI=1S/C30H50O3/c1-18-19(31)9-10-20-27(5)12-14-29(7)22-16-25(2,3)24(33)17-26(22,4)11-13-28(29,6)21(27)15-23(32)30(18,20)8/h18,20-24,32-33H,9-17H2,1-8H3/t18-,20-,21-,22+,23+,24+,26-,27-,28+,29-,30+/m0/s1. The van der Waals surface area contributed by atoms with Crippen LogP contribution in [0.5, 0.6) is 0 Å². The zero-order valence-corrected chi connectivity index (χ0v) is 22.6. The lowest BCUT2D eigenvalue weighted by Crippen LogP contribution is -2.70. The van der Waals surface area contributed by atoms with Crippen LogP contribution in [0.1, 0.15) is 113 Å². The van der Waals surface area contributed by atoms with Crippen molar-refractivity contribution in [3.05, 3.63) is 0 Å². The fraction of sp³-hybridized carbons (Fsp3) is 0.967. The zero-order chi connectivity index (χ0) is 24.4. The molecule has 11 atom stereocenters. The van der Waals surface area contributed by atoms with Crippen LogP contribution >= 0.6 is 0 Å². The Morgan fingerprint density at radius 2 is 1.36 bits per heavy atom. The highest BCUT2D eigenvalue weighted by Gasteiger charge is 2.72. The maximum atomic E-state index is 12.8. The summed E-state index contributed by atoms with van der Waals surface area (Å²) in [7, 11) is 0. The van der Waals surface area contributed by atoms with Gasteiger partial charge in [0.15, 0.2) is 0 Å². The van der Waals surface area contributed by atoms with E-state index in [1.165, 1.54) is 25.7 Å². The summed E-state index contributed by atoms with van der Waals surface area (Å²) in [5, 5.41) is 22.7. The van der Waals surface area contributed by atoms with E-state index in [0.29, 0.717) is 30.0 Å². The summed E-state index contributed by atoms with van der Waals surface area (Å²) in [4.78, 5) is 12.8. The smallest absolute Gasteiger partial charge is 0.136 e. The normalized spacial score (nSPS) is 60.2. The third-order valence-corrected chi connectivity index (χ3v) is 14.0. The maximum absolute atomic E-state index is 12.8. The molecule has 5 aliphatic carbocycles. The van der Waals surface area contributed by atoms with E-state index in [2.05, 4.69) is 55.4 Å². The van der Waals surface area contributed by atoms with Crippen molar-refractivity contribution in [2.45, 2.75) is 125 Å². The average Bonchev–Trinajstić information content (AvgIpc) is 2.72. The minimum atomic E-state index is -0.392. The van der Waals surface area contributed by atoms with Gasteiger partial charge in [-0.25, -0.2) is 0 Å². The van der Waals surface area contributed by atoms with Gasteiger partial charge in [-0.3, -0.25) is 4.79 Å². The fourth-order valence-corrected chi connectivity index (χ4v) is 11.2. The predicted octanol–water partition coefficient (Wildman–Crippen LogP) is 6.40. The van der Waals surface area contributed by atoms with Gasteiger partial charge in [0.1, 0.15) is 5.78 Å². The van der Waals surface area contributed by atoms with Crippen LogP contribution in [0.2, 0.25) is 0 Å². The molecule has 5 aliphatic rings. The monoisotopic (exact) mass is 458 g/mol. The molecule has 3 heteroatoms. The Bertz CT molecular complexity index is 849. The molecule has 0 aliphatic heterocycles. The van der Waals surface area contributed by atoms with Gasteiger partial charge in [-0.15, -0.1) is 0 Å². The summed E-state index contributed by atoms with van der Waals surface area (Å²) in [5.41, 5.74) is 0.501. The van der Waals surface area contributed by atoms with Crippen LogP contribution in [0.15, 0.2) is 0 Å². The van der Waals surface area contributed by atoms with Gasteiger partial charge < -0.3 is 10.2 Å². The summed E-state index contributed by atoms with van der Waals surface area (Å²) >= 11 is 0. The molecule has 0 bridgehead atoms. The second-order valence-corrected chi connectivity index (χ2v) is 15.4. The molecule has 5 saturated carbocycles. The molecule has 0 amide bonds. The SMILES string of the molecule is C[C@H]1C(=O)CC[C@H]2[C@]3(C)CC[C@@]4(C)[C@@H]5CC(C)(C)[C@H](O)C[C@]5(C)CC[C@]4(C)[C@H]3C[C@@H](O)[C@]12C. The van der Waals surface area contributed by atoms with Crippen molar-refractivity contribution in [1.29, 1.82) is 0 Å². The summed E-state index contributed by atoms with van der Waals surface area (Å²) in [6.45, 7) is 19.1. The number of hydrogen-bond acceptors (Lipinski definition) is 3. The molecule has 0 spiro atoms. The molecule has 5 fully saturated rings. The number of hydrogen-bond donors (Lipinski definition) is 2. The molecule has 0 aromatic carbocycles. The van der Waals surface area contributed by atoms with Crippen LogP contribution in [0.3, 0.4) is 0 Å². The van der Waals surface area contributed by atoms with Crippen molar-refractivity contribution in [1.82, 2.24) is 0 Å². The summed E-state index contributed by atoms with van der Waals surface area (Å²) < 4.78 is 0. The van der Waals surface area contributed by atoms with Crippen LogP contribution in [0.25, 0.3) is 0 Å². The van der Waals surface area contributed by atoms with Crippen LogP contribution in [-0.4, -0.2) is 28.2 Å². The van der Waals surface area contributed by atoms with E-state index in [4.69, 9.17) is 0 Å². The lowest BCUT2D eigenvalue weighted by atomic mass is 9.29. The predicted molar refractivity (Wildman–Crippen MR) is 133 cm³/mol. The van der Waals surface area contributed by atoms with E-state index in [1.807, 2.05) is 0 Å². The van der Waals surface area contributed by atoms with Gasteiger partial charge in [-0.05, 0) is 96.2 Å². The summed E-state index contributed by atoms with van der Waals surface area (Å²) in [6.07, 6.45) is 8.79. The third kappa shape index (κ3) is 2.79. The van der Waals surface area contributed by atoms with E-state index in [9.17, 15) is 15.0 Å². The number of fused-ring (bicyclic) bond motifs is 7. The molecule has 0 radical (unpaired) electrons. The largest absolute Gasteiger partial charge is 0.393 e. The Labute approximate surface area is 202 Å². The Hall–Kier alpha value is -0.410. The number of aliphatic hydroxyl groups excluding tert-OH is 2. The average molecular weight is 459 g/mol. The maximum Gasteiger partial charge on any atom is 0.136 e. The quantitative estimate of drug-likeness (QED) is 0.442. The first-order valence-corrected chi connectivity index (χ1v) is 14.0. The Balaban J connectivity index is 1.57. The van der Waals surface area contributed by atoms with Crippen LogP contribution in [0.4, 0.5) is 0 Å². The molecule has 0 aromatic heterocycles. The van der Waals surface area contributed by atoms with E-state index >= 15 is 0 Å². The number of ketones is 1. The molecule has 0 heterocycles. The van der Waals surface area contributed by atoms with E-state index in [1.54, 1.807) is 0 Å². The number of aliphatic hydroxyl groups is 2. The number of rotatable bonds is 0. The highest BCUT2D eigenvalue weighted by molar-refractivity contribution is 5.82. The molecule has 0 aromatic rings. The first-order chi connectivity index (χ1) is 15.1. The Morgan fingerprint density at radius 3 is 2.03 bits per heavy atom. The zero-order valence-electron chi connectivity index (χ0n) is 22.6. The van der Waals surface area contributed by atoms with E-state index < -0.39 is 6.10 Å². The summed E-state index contributed by atoms with van der Waals surface area (Å²) in [5.74, 6) is 1.85. The van der Waals surface area contributed by atoms with Gasteiger partial charge in [-0.2, -0.15) is 0 Å². The minimum absolute atomic E-state index is 0.0317. The summed E-state index contributed by atoms with van der Waals surface area (Å²) in [6, 6.07) is 0. The lowest BCUT2D eigenvalue weighted by molar-refractivity contribution is -0.280. The Morgan fingerprint density at radius 1 is 0.758 bits per heavy atom. The van der Waals surface area contributed by atoms with Gasteiger partial charge in [0.2, 0.25) is 0 Å². The molecule has 188 valence electrons. The third-order valence-electron chi connectivity index (χ3n) is 14.0. The second kappa shape index (κ2) is 6.87. The topological polar surface area (TPSA) is 57.5 Å². The number of carbonyl (C=O) groups excluding carboxylic acids is 1. The van der Waals surface area contributed by atoms with Crippen molar-refractivity contribution in [2.24, 2.45) is 56.2 Å². The van der Waals surface area contributed by atoms with Crippen molar-refractivity contribution in [2.75, 3.05) is 0 Å². The van der Waals surface area contributed by atoms with Crippen LogP contribution in [0, 0.1) is 56.2 Å². The minimum Gasteiger partial charge on any atom is -0.393 e. The van der Waals surface area contributed by atoms with Crippen molar-refractivity contribution in [3.63, 3.8) is 0 Å². The molecule has 5 rings (SSSR count). The van der Waals surface area contributed by atoms with Crippen molar-refractivity contribution in [3.8, 4) is 0 Å². The Kier molecular flexibility index (Phi) is 5.06. The first-order valence-electron chi connectivity index (χ1n) is 14.0. The van der Waals surface area contributed by atoms with Gasteiger partial charge in [0.05, 0.1) is 12.2 Å². The fourth-order valence-electron chi connectivity index (χ4n) is 11.2. The first kappa shape index (κ1) is 24.3. The molecular formula is C30H50O3. The van der Waals surface area contributed by atoms with E-state index in [0.717, 1.165) is 25.7 Å². The molecular weight excluding hydrogens is 408 g/mol. The number of Topliss-reactive ketones (excluding diaryl/α,β-unsaturated/α-hetero) is 1. The molecule has 0 saturated heterocycles. The van der Waals surface area contributed by atoms with Gasteiger partial charge in [0.25, 0.3) is 0 Å². The van der Waals surface area contributed by atoms with Crippen molar-refractivity contribution < 1.29 is 15.0 Å². The highest BCUT2D eigenvalue weighted by Crippen LogP contribution is 2.78. The van der Waals surface area contributed by atoms with Crippen molar-refractivity contribution >= 4 is 5.78 Å². The lowest BCUT2D eigenvalue weighted by Gasteiger charge is -2.75. The number of carbonyl (C=O) groups is 1. The molecule has 0 unspecified atom stereocenters. The van der Waals surface area contributed by atoms with E-state index in [-0.39, 0.29) is 44.5 Å². The van der Waals surface area contributed by atoms with Crippen LogP contribution in [-0.2, 0) is 4.79 Å². The van der Waals surface area contributed by atoms with Gasteiger partial charge >= 0.3 is 0 Å². The molecule has 3 nitrogen and oxygen atoms in total. The van der Waals surface area contributed by atoms with Gasteiger partial charge in [-0.1, -0.05) is 55.4 Å². The van der Waals surface area contributed by atoms with Gasteiger partial charge in [0, 0.05) is 17.8 Å². The highest BCUT2D eigenvalue weighted by atomic mass is 16.3. The molecule has 2 N–H and O–H groups in total. The second-order valence-electron chi connectivity index (χ2n) is 15.4. The van der Waals surface area contributed by atoms with Crippen LogP contribution < -0.4 is 0 Å².